The molecule has 20 heavy (non-hydrogen) atoms. The maximum atomic E-state index is 11.5. The van der Waals surface area contributed by atoms with Crippen LogP contribution in [0.4, 0.5) is 5.69 Å². The van der Waals surface area contributed by atoms with Gasteiger partial charge in [-0.3, -0.25) is 4.79 Å². The van der Waals surface area contributed by atoms with Crippen molar-refractivity contribution in [2.24, 2.45) is 4.99 Å². The van der Waals surface area contributed by atoms with Crippen molar-refractivity contribution in [3.05, 3.63) is 54.1 Å². The van der Waals surface area contributed by atoms with Gasteiger partial charge in [-0.15, -0.1) is 0 Å². The molecule has 0 heterocycles. The molecule has 1 amide bonds. The number of hydrogen-bond acceptors (Lipinski definition) is 4. The van der Waals surface area contributed by atoms with Crippen LogP contribution in [0.3, 0.4) is 0 Å². The zero-order valence-corrected chi connectivity index (χ0v) is 10.8. The largest absolute Gasteiger partial charge is 0.457 e. The summed E-state index contributed by atoms with van der Waals surface area (Å²) in [6.07, 6.45) is 1.47. The highest BCUT2D eigenvalue weighted by molar-refractivity contribution is 5.94. The molecule has 2 aromatic carbocycles. The minimum atomic E-state index is -0.175. The van der Waals surface area contributed by atoms with Crippen LogP contribution in [0.1, 0.15) is 10.4 Å². The second kappa shape index (κ2) is 6.31. The molecular formula is C15H12N2O3. The molecule has 100 valence electrons. The van der Waals surface area contributed by atoms with Crippen LogP contribution in [0.25, 0.3) is 0 Å². The number of rotatable bonds is 4. The van der Waals surface area contributed by atoms with Gasteiger partial charge in [-0.25, -0.2) is 4.79 Å². The number of nitrogens with one attached hydrogen (secondary N) is 1. The Hall–Kier alpha value is -2.91. The van der Waals surface area contributed by atoms with Crippen molar-refractivity contribution in [3.63, 3.8) is 0 Å². The fraction of sp³-hybridized carbons (Fsp3) is 0.0667. The van der Waals surface area contributed by atoms with Crippen molar-refractivity contribution in [1.29, 1.82) is 0 Å². The summed E-state index contributed by atoms with van der Waals surface area (Å²) in [5, 5.41) is 2.55. The van der Waals surface area contributed by atoms with Crippen LogP contribution in [0.15, 0.2) is 53.5 Å². The van der Waals surface area contributed by atoms with Gasteiger partial charge in [-0.05, 0) is 42.5 Å². The Morgan fingerprint density at radius 3 is 2.55 bits per heavy atom. The summed E-state index contributed by atoms with van der Waals surface area (Å²) in [5.74, 6) is 0.966. The van der Waals surface area contributed by atoms with Gasteiger partial charge in [0.1, 0.15) is 11.5 Å². The summed E-state index contributed by atoms with van der Waals surface area (Å²) in [6, 6.07) is 13.5. The first kappa shape index (κ1) is 13.5. The highest BCUT2D eigenvalue weighted by Gasteiger charge is 2.05. The molecule has 0 unspecified atom stereocenters. The first-order valence-electron chi connectivity index (χ1n) is 5.91. The molecule has 0 spiro atoms. The van der Waals surface area contributed by atoms with E-state index in [4.69, 9.17) is 4.74 Å². The van der Waals surface area contributed by atoms with Crippen molar-refractivity contribution in [1.82, 2.24) is 5.32 Å². The van der Waals surface area contributed by atoms with E-state index in [0.717, 1.165) is 0 Å². The third-order valence-corrected chi connectivity index (χ3v) is 2.57. The fourth-order valence-electron chi connectivity index (χ4n) is 1.62. The van der Waals surface area contributed by atoms with E-state index in [-0.39, 0.29) is 5.91 Å². The lowest BCUT2D eigenvalue weighted by Gasteiger charge is -2.07. The number of ether oxygens (including phenoxy) is 1. The highest BCUT2D eigenvalue weighted by Crippen LogP contribution is 2.24. The van der Waals surface area contributed by atoms with E-state index in [9.17, 15) is 9.59 Å². The van der Waals surface area contributed by atoms with E-state index >= 15 is 0 Å². The molecule has 1 N–H and O–H groups in total. The standard InChI is InChI=1S/C15H12N2O3/c1-16-15(19)11-3-2-4-14(9-11)20-13-7-5-12(6-8-13)17-10-18/h2-9H,1H3,(H,16,19). The Balaban J connectivity index is 2.17. The highest BCUT2D eigenvalue weighted by atomic mass is 16.5. The maximum Gasteiger partial charge on any atom is 0.251 e. The minimum absolute atomic E-state index is 0.175. The van der Waals surface area contributed by atoms with E-state index in [1.54, 1.807) is 55.6 Å². The zero-order chi connectivity index (χ0) is 14.4. The molecule has 5 heteroatoms. The van der Waals surface area contributed by atoms with Gasteiger partial charge in [0.05, 0.1) is 5.69 Å². The van der Waals surface area contributed by atoms with E-state index in [1.165, 1.54) is 6.08 Å². The van der Waals surface area contributed by atoms with Gasteiger partial charge in [0.15, 0.2) is 0 Å². The molecule has 0 saturated heterocycles. The Kier molecular flexibility index (Phi) is 4.27. The van der Waals surface area contributed by atoms with E-state index in [1.807, 2.05) is 0 Å². The molecule has 0 aliphatic heterocycles. The molecule has 5 nitrogen and oxygen atoms in total. The molecule has 0 saturated carbocycles. The summed E-state index contributed by atoms with van der Waals surface area (Å²) in [7, 11) is 1.57. The second-order valence-corrected chi connectivity index (χ2v) is 3.91. The van der Waals surface area contributed by atoms with Crippen LogP contribution in [0, 0.1) is 0 Å². The molecule has 2 aromatic rings. The molecule has 0 aliphatic carbocycles. The van der Waals surface area contributed by atoms with E-state index in [0.29, 0.717) is 22.7 Å². The average molecular weight is 268 g/mol. The lowest BCUT2D eigenvalue weighted by atomic mass is 10.2. The summed E-state index contributed by atoms with van der Waals surface area (Å²) in [4.78, 5) is 25.1. The lowest BCUT2D eigenvalue weighted by Crippen LogP contribution is -2.17. The predicted molar refractivity (Wildman–Crippen MR) is 74.1 cm³/mol. The number of carbonyl (C=O) groups excluding carboxylic acids is 2. The van der Waals surface area contributed by atoms with Gasteiger partial charge in [-0.1, -0.05) is 6.07 Å². The van der Waals surface area contributed by atoms with Crippen molar-refractivity contribution in [2.75, 3.05) is 7.05 Å². The van der Waals surface area contributed by atoms with Gasteiger partial charge in [0, 0.05) is 12.6 Å². The monoisotopic (exact) mass is 268 g/mol. The number of benzene rings is 2. The number of nitrogens with zero attached hydrogens (tertiary/aromatic N) is 1. The number of amides is 1. The minimum Gasteiger partial charge on any atom is -0.457 e. The average Bonchev–Trinajstić information content (AvgIpc) is 2.49. The number of hydrogen-bond donors (Lipinski definition) is 1. The number of carbonyl (C=O) groups is 1. The Bertz CT molecular complexity index is 659. The van der Waals surface area contributed by atoms with Crippen LogP contribution in [-0.2, 0) is 4.79 Å². The summed E-state index contributed by atoms with van der Waals surface area (Å²) < 4.78 is 5.63. The molecule has 0 aliphatic rings. The van der Waals surface area contributed by atoms with Crippen LogP contribution in [0.5, 0.6) is 11.5 Å². The third kappa shape index (κ3) is 3.31. The van der Waals surface area contributed by atoms with Crippen molar-refractivity contribution >= 4 is 17.7 Å². The topological polar surface area (TPSA) is 67.8 Å². The molecule has 0 radical (unpaired) electrons. The van der Waals surface area contributed by atoms with Crippen molar-refractivity contribution in [2.45, 2.75) is 0 Å². The smallest absolute Gasteiger partial charge is 0.251 e. The molecule has 0 bridgehead atoms. The van der Waals surface area contributed by atoms with Gasteiger partial charge < -0.3 is 10.1 Å². The van der Waals surface area contributed by atoms with E-state index in [2.05, 4.69) is 10.3 Å². The van der Waals surface area contributed by atoms with Crippen LogP contribution in [-0.4, -0.2) is 19.0 Å². The normalized spacial score (nSPS) is 9.45. The predicted octanol–water partition coefficient (Wildman–Crippen LogP) is 2.81. The Morgan fingerprint density at radius 1 is 1.15 bits per heavy atom. The Morgan fingerprint density at radius 2 is 1.90 bits per heavy atom. The van der Waals surface area contributed by atoms with Gasteiger partial charge in [-0.2, -0.15) is 4.99 Å². The number of isocyanates is 1. The quantitative estimate of drug-likeness (QED) is 0.684. The molecule has 0 fully saturated rings. The van der Waals surface area contributed by atoms with Gasteiger partial charge in [0.25, 0.3) is 5.91 Å². The zero-order valence-electron chi connectivity index (χ0n) is 10.8. The first-order chi connectivity index (χ1) is 9.72. The van der Waals surface area contributed by atoms with Gasteiger partial charge in [0.2, 0.25) is 6.08 Å². The SMILES string of the molecule is CNC(=O)c1cccc(Oc2ccc(N=C=O)cc2)c1. The summed E-state index contributed by atoms with van der Waals surface area (Å²) in [6.45, 7) is 0. The molecule has 2 rings (SSSR count). The van der Waals surface area contributed by atoms with Crippen LogP contribution in [0.2, 0.25) is 0 Å². The molecule has 0 atom stereocenters. The Labute approximate surface area is 115 Å². The number of aliphatic imine (C=N–C) groups is 1. The van der Waals surface area contributed by atoms with Crippen LogP contribution < -0.4 is 10.1 Å². The first-order valence-corrected chi connectivity index (χ1v) is 5.91. The van der Waals surface area contributed by atoms with Crippen molar-refractivity contribution < 1.29 is 14.3 Å². The van der Waals surface area contributed by atoms with Crippen LogP contribution >= 0.6 is 0 Å². The second-order valence-electron chi connectivity index (χ2n) is 3.91. The molecular weight excluding hydrogens is 256 g/mol. The van der Waals surface area contributed by atoms with Gasteiger partial charge >= 0.3 is 0 Å². The lowest BCUT2D eigenvalue weighted by molar-refractivity contribution is 0.0963. The van der Waals surface area contributed by atoms with Crippen molar-refractivity contribution in [3.8, 4) is 11.5 Å². The third-order valence-electron chi connectivity index (χ3n) is 2.57. The van der Waals surface area contributed by atoms with E-state index < -0.39 is 0 Å². The fourth-order valence-corrected chi connectivity index (χ4v) is 1.62. The summed E-state index contributed by atoms with van der Waals surface area (Å²) >= 11 is 0. The molecule has 0 aromatic heterocycles. The summed E-state index contributed by atoms with van der Waals surface area (Å²) in [5.41, 5.74) is 1.03. The maximum absolute atomic E-state index is 11.5.